The average Bonchev–Trinajstić information content (AvgIpc) is 2.52. The van der Waals surface area contributed by atoms with Crippen LogP contribution >= 0.6 is 11.8 Å². The number of amidine groups is 1. The van der Waals surface area contributed by atoms with Crippen molar-refractivity contribution in [1.29, 1.82) is 0 Å². The molecule has 3 heteroatoms. The minimum Gasteiger partial charge on any atom is -0.365 e. The van der Waals surface area contributed by atoms with E-state index in [4.69, 9.17) is 4.99 Å². The molecule has 3 aliphatic rings. The molecule has 120 valence electrons. The zero-order valence-corrected chi connectivity index (χ0v) is 14.5. The third-order valence-electron chi connectivity index (χ3n) is 5.95. The van der Waals surface area contributed by atoms with Crippen molar-refractivity contribution in [1.82, 2.24) is 5.32 Å². The molecule has 21 heavy (non-hydrogen) atoms. The molecular weight excluding hydrogens is 276 g/mol. The van der Waals surface area contributed by atoms with Crippen molar-refractivity contribution in [2.45, 2.75) is 71.1 Å². The summed E-state index contributed by atoms with van der Waals surface area (Å²) in [6, 6.07) is 0. The second-order valence-electron chi connectivity index (χ2n) is 7.81. The Morgan fingerprint density at radius 3 is 2.57 bits per heavy atom. The molecule has 2 fully saturated rings. The number of rotatable bonds is 3. The molecule has 1 heterocycles. The number of nitrogens with zero attached hydrogens (tertiary/aromatic N) is 1. The third-order valence-corrected chi connectivity index (χ3v) is 7.26. The van der Waals surface area contributed by atoms with Gasteiger partial charge in [0, 0.05) is 18.8 Å². The highest BCUT2D eigenvalue weighted by Gasteiger charge is 2.34. The highest BCUT2D eigenvalue weighted by atomic mass is 32.2. The lowest BCUT2D eigenvalue weighted by Crippen LogP contribution is -2.37. The van der Waals surface area contributed by atoms with Crippen LogP contribution in [0.5, 0.6) is 0 Å². The number of hydrogen-bond donors (Lipinski definition) is 1. The predicted molar refractivity (Wildman–Crippen MR) is 94.0 cm³/mol. The molecule has 2 aliphatic carbocycles. The minimum atomic E-state index is 0.563. The number of aliphatic imine (C=N–C) groups is 1. The molecular formula is C18H32N2S. The van der Waals surface area contributed by atoms with Gasteiger partial charge < -0.3 is 5.32 Å². The average molecular weight is 309 g/mol. The topological polar surface area (TPSA) is 24.4 Å². The van der Waals surface area contributed by atoms with Crippen molar-refractivity contribution < 1.29 is 0 Å². The largest absolute Gasteiger partial charge is 0.365 e. The van der Waals surface area contributed by atoms with Crippen molar-refractivity contribution in [3.05, 3.63) is 0 Å². The first kappa shape index (κ1) is 15.7. The second kappa shape index (κ2) is 7.39. The lowest BCUT2D eigenvalue weighted by molar-refractivity contribution is 0.232. The highest BCUT2D eigenvalue weighted by Crippen LogP contribution is 2.41. The molecule has 2 saturated carbocycles. The normalized spacial score (nSPS) is 32.7. The van der Waals surface area contributed by atoms with E-state index in [1.807, 2.05) is 11.8 Å². The predicted octanol–water partition coefficient (Wildman–Crippen LogP) is 4.85. The van der Waals surface area contributed by atoms with E-state index in [0.717, 1.165) is 24.9 Å². The van der Waals surface area contributed by atoms with Gasteiger partial charge in [-0.05, 0) is 36.5 Å². The molecule has 2 nitrogen and oxygen atoms in total. The van der Waals surface area contributed by atoms with Crippen LogP contribution in [0.2, 0.25) is 0 Å². The fourth-order valence-electron chi connectivity index (χ4n) is 4.26. The smallest absolute Gasteiger partial charge is 0.156 e. The van der Waals surface area contributed by atoms with Crippen LogP contribution in [-0.4, -0.2) is 24.0 Å². The van der Waals surface area contributed by atoms with E-state index in [-0.39, 0.29) is 0 Å². The van der Waals surface area contributed by atoms with E-state index in [9.17, 15) is 0 Å². The fourth-order valence-corrected chi connectivity index (χ4v) is 5.45. The Hall–Kier alpha value is -0.180. The first-order chi connectivity index (χ1) is 10.3. The van der Waals surface area contributed by atoms with Crippen molar-refractivity contribution in [2.24, 2.45) is 22.2 Å². The second-order valence-corrected chi connectivity index (χ2v) is 8.78. The quantitative estimate of drug-likeness (QED) is 0.806. The molecule has 3 rings (SSSR count). The molecule has 0 atom stereocenters. The summed E-state index contributed by atoms with van der Waals surface area (Å²) in [5.41, 5.74) is 0.563. The lowest BCUT2D eigenvalue weighted by atomic mass is 9.75. The van der Waals surface area contributed by atoms with Gasteiger partial charge in [-0.2, -0.15) is 0 Å². The third kappa shape index (κ3) is 4.40. The number of nitrogens with one attached hydrogen (secondary N) is 1. The van der Waals surface area contributed by atoms with Crippen LogP contribution < -0.4 is 5.32 Å². The standard InChI is InChI=1S/C18H32N2S/c1-15-5-7-16(8-6-15)9-12-19-17-20-13-18(14-21-17)10-3-2-4-11-18/h15-16H,2-14H2,1H3,(H,19,20). The van der Waals surface area contributed by atoms with Gasteiger partial charge in [0.2, 0.25) is 0 Å². The molecule has 0 aromatic rings. The Morgan fingerprint density at radius 2 is 1.90 bits per heavy atom. The summed E-state index contributed by atoms with van der Waals surface area (Å²) in [6.07, 6.45) is 14.3. The lowest BCUT2D eigenvalue weighted by Gasteiger charge is -2.38. The summed E-state index contributed by atoms with van der Waals surface area (Å²) in [5, 5.41) is 4.85. The van der Waals surface area contributed by atoms with Crippen LogP contribution in [0.15, 0.2) is 4.99 Å². The molecule has 1 spiro atoms. The summed E-state index contributed by atoms with van der Waals surface area (Å²) < 4.78 is 0. The van der Waals surface area contributed by atoms with E-state index in [0.29, 0.717) is 5.41 Å². The molecule has 0 aromatic carbocycles. The minimum absolute atomic E-state index is 0.563. The molecule has 0 unspecified atom stereocenters. The Labute approximate surface area is 134 Å². The van der Waals surface area contributed by atoms with Crippen LogP contribution in [0.1, 0.15) is 71.1 Å². The number of hydrogen-bond acceptors (Lipinski definition) is 3. The van der Waals surface area contributed by atoms with Gasteiger partial charge in [0.15, 0.2) is 5.17 Å². The summed E-state index contributed by atoms with van der Waals surface area (Å²) in [7, 11) is 0. The molecule has 1 N–H and O–H groups in total. The molecule has 0 aromatic heterocycles. The van der Waals surface area contributed by atoms with Gasteiger partial charge in [-0.15, -0.1) is 0 Å². The molecule has 1 aliphatic heterocycles. The van der Waals surface area contributed by atoms with Crippen LogP contribution in [-0.2, 0) is 0 Å². The molecule has 0 bridgehead atoms. The van der Waals surface area contributed by atoms with Crippen LogP contribution in [0, 0.1) is 17.3 Å². The van der Waals surface area contributed by atoms with Gasteiger partial charge in [-0.25, -0.2) is 0 Å². The highest BCUT2D eigenvalue weighted by molar-refractivity contribution is 8.13. The first-order valence-corrected chi connectivity index (χ1v) is 10.2. The van der Waals surface area contributed by atoms with Crippen LogP contribution in [0.4, 0.5) is 0 Å². The maximum absolute atomic E-state index is 4.87. The van der Waals surface area contributed by atoms with Crippen LogP contribution in [0.3, 0.4) is 0 Å². The maximum Gasteiger partial charge on any atom is 0.156 e. The Kier molecular flexibility index (Phi) is 5.53. The molecule has 0 saturated heterocycles. The summed E-state index contributed by atoms with van der Waals surface area (Å²) in [6.45, 7) is 4.63. The van der Waals surface area contributed by atoms with Gasteiger partial charge in [0.05, 0.1) is 0 Å². The van der Waals surface area contributed by atoms with Crippen molar-refractivity contribution in [3.63, 3.8) is 0 Å². The van der Waals surface area contributed by atoms with Crippen LogP contribution in [0.25, 0.3) is 0 Å². The Balaban J connectivity index is 1.36. The van der Waals surface area contributed by atoms with E-state index >= 15 is 0 Å². The van der Waals surface area contributed by atoms with Crippen molar-refractivity contribution >= 4 is 16.9 Å². The van der Waals surface area contributed by atoms with Gasteiger partial charge in [-0.1, -0.05) is 63.6 Å². The number of thioether (sulfide) groups is 1. The summed E-state index contributed by atoms with van der Waals surface area (Å²) in [4.78, 5) is 4.87. The summed E-state index contributed by atoms with van der Waals surface area (Å²) in [5.74, 6) is 3.24. The Bertz CT molecular complexity index is 352. The van der Waals surface area contributed by atoms with E-state index in [1.54, 1.807) is 0 Å². The van der Waals surface area contributed by atoms with Gasteiger partial charge in [-0.3, -0.25) is 4.99 Å². The monoisotopic (exact) mass is 308 g/mol. The van der Waals surface area contributed by atoms with E-state index in [1.165, 1.54) is 75.1 Å². The maximum atomic E-state index is 4.87. The van der Waals surface area contributed by atoms with Crippen molar-refractivity contribution in [2.75, 3.05) is 18.8 Å². The zero-order valence-electron chi connectivity index (χ0n) is 13.7. The SMILES string of the molecule is CC1CCC(CCNC2=NCC3(CCCCC3)CS2)CC1. The Morgan fingerprint density at radius 1 is 1.14 bits per heavy atom. The van der Waals surface area contributed by atoms with Gasteiger partial charge in [0.25, 0.3) is 0 Å². The van der Waals surface area contributed by atoms with E-state index in [2.05, 4.69) is 12.2 Å². The zero-order chi connectivity index (χ0) is 14.5. The first-order valence-electron chi connectivity index (χ1n) is 9.17. The van der Waals surface area contributed by atoms with Gasteiger partial charge in [0.1, 0.15) is 0 Å². The molecule has 0 radical (unpaired) electrons. The summed E-state index contributed by atoms with van der Waals surface area (Å²) >= 11 is 1.99. The fraction of sp³-hybridized carbons (Fsp3) is 0.944. The molecule has 0 amide bonds. The van der Waals surface area contributed by atoms with Crippen molar-refractivity contribution in [3.8, 4) is 0 Å². The van der Waals surface area contributed by atoms with E-state index < -0.39 is 0 Å². The van der Waals surface area contributed by atoms with Gasteiger partial charge >= 0.3 is 0 Å².